The molecule has 1 fully saturated rings. The molecule has 23 heavy (non-hydrogen) atoms. The fourth-order valence-electron chi connectivity index (χ4n) is 2.86. The van der Waals surface area contributed by atoms with E-state index in [-0.39, 0.29) is 6.09 Å². The number of aryl methyl sites for hydroxylation is 1. The molecule has 0 aliphatic carbocycles. The van der Waals surface area contributed by atoms with Crippen LogP contribution in [0.4, 0.5) is 10.5 Å². The van der Waals surface area contributed by atoms with E-state index >= 15 is 0 Å². The van der Waals surface area contributed by atoms with Crippen LogP contribution < -0.4 is 10.6 Å². The Morgan fingerprint density at radius 3 is 2.61 bits per heavy atom. The Bertz CT molecular complexity index is 511. The van der Waals surface area contributed by atoms with Gasteiger partial charge in [-0.2, -0.15) is 0 Å². The summed E-state index contributed by atoms with van der Waals surface area (Å²) in [5.74, 6) is 0. The van der Waals surface area contributed by atoms with Crippen LogP contribution in [0.2, 0.25) is 0 Å². The lowest BCUT2D eigenvalue weighted by atomic mass is 10.0. The van der Waals surface area contributed by atoms with Crippen LogP contribution >= 0.6 is 0 Å². The molecule has 0 saturated carbocycles. The van der Waals surface area contributed by atoms with Gasteiger partial charge in [0, 0.05) is 31.9 Å². The summed E-state index contributed by atoms with van der Waals surface area (Å²) in [7, 11) is 0. The highest BCUT2D eigenvalue weighted by atomic mass is 16.6. The lowest BCUT2D eigenvalue weighted by Gasteiger charge is -2.35. The Kier molecular flexibility index (Phi) is 6.71. The van der Waals surface area contributed by atoms with E-state index < -0.39 is 0 Å². The molecule has 0 aromatic heterocycles. The molecule has 2 rings (SSSR count). The quantitative estimate of drug-likeness (QED) is 0.819. The maximum atomic E-state index is 12.0. The van der Waals surface area contributed by atoms with Crippen LogP contribution in [0.1, 0.15) is 30.9 Å². The molecule has 5 nitrogen and oxygen atoms in total. The van der Waals surface area contributed by atoms with Crippen LogP contribution in [-0.4, -0.2) is 50.3 Å². The van der Waals surface area contributed by atoms with Gasteiger partial charge in [-0.25, -0.2) is 4.79 Å². The maximum Gasteiger partial charge on any atom is 0.409 e. The van der Waals surface area contributed by atoms with Crippen molar-refractivity contribution in [3.8, 4) is 0 Å². The molecule has 1 saturated heterocycles. The van der Waals surface area contributed by atoms with Crippen molar-refractivity contribution in [1.29, 1.82) is 0 Å². The molecule has 0 atom stereocenters. The molecule has 2 N–H and O–H groups in total. The van der Waals surface area contributed by atoms with Crippen LogP contribution in [0.3, 0.4) is 0 Å². The first-order valence-electron chi connectivity index (χ1n) is 8.62. The zero-order valence-corrected chi connectivity index (χ0v) is 14.4. The summed E-state index contributed by atoms with van der Waals surface area (Å²) in [5, 5.41) is 0. The normalized spacial score (nSPS) is 14.9. The first-order chi connectivity index (χ1) is 11.2. The number of amides is 1. The molecule has 1 aliphatic rings. The van der Waals surface area contributed by atoms with Crippen LogP contribution in [0, 0.1) is 6.92 Å². The lowest BCUT2D eigenvalue weighted by molar-refractivity contribution is 0.0989. The number of anilines is 1. The van der Waals surface area contributed by atoms with Gasteiger partial charge < -0.3 is 20.3 Å². The predicted molar refractivity (Wildman–Crippen MR) is 94.0 cm³/mol. The predicted octanol–water partition coefficient (Wildman–Crippen LogP) is 2.55. The number of nitrogens with two attached hydrogens (primary N) is 1. The molecule has 128 valence electrons. The Morgan fingerprint density at radius 1 is 1.26 bits per heavy atom. The van der Waals surface area contributed by atoms with Crippen molar-refractivity contribution in [3.63, 3.8) is 0 Å². The van der Waals surface area contributed by atoms with Gasteiger partial charge in [-0.3, -0.25) is 0 Å². The van der Waals surface area contributed by atoms with E-state index in [0.717, 1.165) is 32.4 Å². The first kappa shape index (κ1) is 17.6. The largest absolute Gasteiger partial charge is 0.449 e. The van der Waals surface area contributed by atoms with Crippen molar-refractivity contribution in [2.45, 2.75) is 33.1 Å². The number of carbonyl (C=O) groups is 1. The van der Waals surface area contributed by atoms with Crippen molar-refractivity contribution in [2.24, 2.45) is 5.73 Å². The Labute approximate surface area is 139 Å². The number of unbranched alkanes of at least 4 members (excludes halogenated alkanes) is 1. The number of hydrogen-bond acceptors (Lipinski definition) is 4. The van der Waals surface area contributed by atoms with Crippen LogP contribution in [0.15, 0.2) is 18.2 Å². The molecule has 1 heterocycles. The standard InChI is InChI=1S/C18H29N3O2/c1-3-4-13-23-18(22)21-11-9-20(10-12-21)17-6-5-16(7-8-19)15(2)14-17/h5-6,14H,3-4,7-13,19H2,1-2H3. The van der Waals surface area contributed by atoms with E-state index in [9.17, 15) is 4.79 Å². The Morgan fingerprint density at radius 2 is 2.00 bits per heavy atom. The second kappa shape index (κ2) is 8.77. The van der Waals surface area contributed by atoms with E-state index in [1.807, 2.05) is 4.90 Å². The Balaban J connectivity index is 1.86. The van der Waals surface area contributed by atoms with E-state index in [0.29, 0.717) is 26.2 Å². The molecular weight excluding hydrogens is 290 g/mol. The number of piperazine rings is 1. The molecule has 1 aliphatic heterocycles. The lowest BCUT2D eigenvalue weighted by Crippen LogP contribution is -2.49. The van der Waals surface area contributed by atoms with Crippen molar-refractivity contribution in [1.82, 2.24) is 4.90 Å². The molecule has 1 aromatic carbocycles. The molecule has 1 aromatic rings. The number of carbonyl (C=O) groups excluding carboxylic acids is 1. The molecule has 0 spiro atoms. The monoisotopic (exact) mass is 319 g/mol. The van der Waals surface area contributed by atoms with E-state index in [2.05, 4.69) is 36.9 Å². The highest BCUT2D eigenvalue weighted by Gasteiger charge is 2.22. The second-order valence-electron chi connectivity index (χ2n) is 6.09. The third kappa shape index (κ3) is 4.86. The average Bonchev–Trinajstić information content (AvgIpc) is 2.57. The molecular formula is C18H29N3O2. The fourth-order valence-corrected chi connectivity index (χ4v) is 2.86. The molecule has 1 amide bonds. The second-order valence-corrected chi connectivity index (χ2v) is 6.09. The van der Waals surface area contributed by atoms with E-state index in [4.69, 9.17) is 10.5 Å². The number of rotatable bonds is 6. The van der Waals surface area contributed by atoms with Gasteiger partial charge in [0.2, 0.25) is 0 Å². The highest BCUT2D eigenvalue weighted by molar-refractivity contribution is 5.68. The molecule has 0 radical (unpaired) electrons. The SMILES string of the molecule is CCCCOC(=O)N1CCN(c2ccc(CCN)c(C)c2)CC1. The first-order valence-corrected chi connectivity index (χ1v) is 8.62. The van der Waals surface area contributed by atoms with Gasteiger partial charge >= 0.3 is 6.09 Å². The zero-order valence-electron chi connectivity index (χ0n) is 14.4. The number of benzene rings is 1. The van der Waals surface area contributed by atoms with Gasteiger partial charge in [-0.05, 0) is 49.6 Å². The smallest absolute Gasteiger partial charge is 0.409 e. The highest BCUT2D eigenvalue weighted by Crippen LogP contribution is 2.21. The van der Waals surface area contributed by atoms with Crippen molar-refractivity contribution in [2.75, 3.05) is 44.2 Å². The molecule has 0 unspecified atom stereocenters. The third-order valence-corrected chi connectivity index (χ3v) is 4.37. The van der Waals surface area contributed by atoms with E-state index in [1.54, 1.807) is 0 Å². The van der Waals surface area contributed by atoms with Gasteiger partial charge in [0.25, 0.3) is 0 Å². The maximum absolute atomic E-state index is 12.0. The van der Waals surface area contributed by atoms with Crippen LogP contribution in [0.5, 0.6) is 0 Å². The molecule has 5 heteroatoms. The van der Waals surface area contributed by atoms with Gasteiger partial charge in [0.05, 0.1) is 6.61 Å². The van der Waals surface area contributed by atoms with Gasteiger partial charge in [-0.15, -0.1) is 0 Å². The summed E-state index contributed by atoms with van der Waals surface area (Å²) in [6, 6.07) is 6.55. The van der Waals surface area contributed by atoms with Crippen LogP contribution in [-0.2, 0) is 11.2 Å². The number of nitrogens with zero attached hydrogens (tertiary/aromatic N) is 2. The third-order valence-electron chi connectivity index (χ3n) is 4.37. The van der Waals surface area contributed by atoms with Crippen molar-refractivity contribution in [3.05, 3.63) is 29.3 Å². The van der Waals surface area contributed by atoms with Crippen LogP contribution in [0.25, 0.3) is 0 Å². The summed E-state index contributed by atoms with van der Waals surface area (Å²) in [6.45, 7) is 8.56. The minimum atomic E-state index is -0.174. The fraction of sp³-hybridized carbons (Fsp3) is 0.611. The minimum Gasteiger partial charge on any atom is -0.449 e. The number of ether oxygens (including phenoxy) is 1. The summed E-state index contributed by atoms with van der Waals surface area (Å²) in [5.41, 5.74) is 9.46. The van der Waals surface area contributed by atoms with E-state index in [1.165, 1.54) is 16.8 Å². The van der Waals surface area contributed by atoms with Gasteiger partial charge in [0.1, 0.15) is 0 Å². The van der Waals surface area contributed by atoms with Crippen molar-refractivity contribution >= 4 is 11.8 Å². The summed E-state index contributed by atoms with van der Waals surface area (Å²) < 4.78 is 5.28. The number of hydrogen-bond donors (Lipinski definition) is 1. The van der Waals surface area contributed by atoms with Gasteiger partial charge in [0.15, 0.2) is 0 Å². The Hall–Kier alpha value is -1.75. The molecule has 0 bridgehead atoms. The summed E-state index contributed by atoms with van der Waals surface area (Å²) in [6.07, 6.45) is 2.72. The minimum absolute atomic E-state index is 0.174. The zero-order chi connectivity index (χ0) is 16.7. The summed E-state index contributed by atoms with van der Waals surface area (Å²) >= 11 is 0. The van der Waals surface area contributed by atoms with Crippen molar-refractivity contribution < 1.29 is 9.53 Å². The topological polar surface area (TPSA) is 58.8 Å². The summed E-state index contributed by atoms with van der Waals surface area (Å²) in [4.78, 5) is 16.1. The van der Waals surface area contributed by atoms with Gasteiger partial charge in [-0.1, -0.05) is 19.4 Å². The average molecular weight is 319 g/mol.